The lowest BCUT2D eigenvalue weighted by atomic mass is 10.2. The van der Waals surface area contributed by atoms with Crippen LogP contribution in [0.25, 0.3) is 0 Å². The molecule has 0 saturated heterocycles. The molecule has 0 aliphatic carbocycles. The first-order valence-electron chi connectivity index (χ1n) is 4.87. The summed E-state index contributed by atoms with van der Waals surface area (Å²) in [5, 5.41) is 0. The van der Waals surface area contributed by atoms with Gasteiger partial charge in [-0.05, 0) is 12.5 Å². The summed E-state index contributed by atoms with van der Waals surface area (Å²) in [6, 6.07) is 9.71. The summed E-state index contributed by atoms with van der Waals surface area (Å²) in [4.78, 5) is 12.9. The standard InChI is InChI=1S/C12H15NO2/c1-3-13(12(14)15-4-2)10-11-8-6-5-7-9-11/h3,5-9H,1,4,10H2,2H3. The van der Waals surface area contributed by atoms with E-state index >= 15 is 0 Å². The van der Waals surface area contributed by atoms with Gasteiger partial charge >= 0.3 is 6.09 Å². The lowest BCUT2D eigenvalue weighted by molar-refractivity contribution is 0.120. The molecule has 3 heteroatoms. The molecule has 1 aromatic carbocycles. The number of hydrogen-bond acceptors (Lipinski definition) is 2. The molecule has 0 spiro atoms. The predicted octanol–water partition coefficient (Wildman–Crippen LogP) is 2.79. The van der Waals surface area contributed by atoms with Gasteiger partial charge in [0.2, 0.25) is 0 Å². The zero-order valence-corrected chi connectivity index (χ0v) is 8.85. The minimum Gasteiger partial charge on any atom is -0.449 e. The van der Waals surface area contributed by atoms with Crippen LogP contribution >= 0.6 is 0 Å². The topological polar surface area (TPSA) is 29.5 Å². The fourth-order valence-corrected chi connectivity index (χ4v) is 1.19. The zero-order chi connectivity index (χ0) is 11.1. The van der Waals surface area contributed by atoms with Gasteiger partial charge in [-0.3, -0.25) is 4.90 Å². The number of ether oxygens (including phenoxy) is 1. The van der Waals surface area contributed by atoms with Crippen molar-refractivity contribution in [2.75, 3.05) is 6.61 Å². The fourth-order valence-electron chi connectivity index (χ4n) is 1.19. The van der Waals surface area contributed by atoms with E-state index in [-0.39, 0.29) is 6.09 Å². The summed E-state index contributed by atoms with van der Waals surface area (Å²) >= 11 is 0. The van der Waals surface area contributed by atoms with Crippen molar-refractivity contribution in [1.82, 2.24) is 4.90 Å². The van der Waals surface area contributed by atoms with Crippen LogP contribution in [0.4, 0.5) is 4.79 Å². The maximum Gasteiger partial charge on any atom is 0.414 e. The Morgan fingerprint density at radius 3 is 2.67 bits per heavy atom. The number of nitrogens with zero attached hydrogens (tertiary/aromatic N) is 1. The Balaban J connectivity index is 2.62. The molecule has 0 fully saturated rings. The van der Waals surface area contributed by atoms with Crippen LogP contribution in [-0.2, 0) is 11.3 Å². The van der Waals surface area contributed by atoms with Gasteiger partial charge in [0.05, 0.1) is 13.2 Å². The number of carbonyl (C=O) groups is 1. The van der Waals surface area contributed by atoms with E-state index in [1.807, 2.05) is 30.3 Å². The second-order valence-corrected chi connectivity index (χ2v) is 2.99. The molecule has 0 N–H and O–H groups in total. The summed E-state index contributed by atoms with van der Waals surface area (Å²) in [7, 11) is 0. The van der Waals surface area contributed by atoms with Crippen molar-refractivity contribution >= 4 is 6.09 Å². The minimum absolute atomic E-state index is 0.364. The second-order valence-electron chi connectivity index (χ2n) is 2.99. The Morgan fingerprint density at radius 1 is 1.47 bits per heavy atom. The van der Waals surface area contributed by atoms with Crippen molar-refractivity contribution in [2.45, 2.75) is 13.5 Å². The van der Waals surface area contributed by atoms with Crippen molar-refractivity contribution in [3.8, 4) is 0 Å². The van der Waals surface area contributed by atoms with Crippen molar-refractivity contribution in [1.29, 1.82) is 0 Å². The molecule has 1 rings (SSSR count). The van der Waals surface area contributed by atoms with Crippen LogP contribution < -0.4 is 0 Å². The summed E-state index contributed by atoms with van der Waals surface area (Å²) in [6.07, 6.45) is 1.11. The van der Waals surface area contributed by atoms with Gasteiger partial charge in [0.1, 0.15) is 0 Å². The molecule has 0 saturated carbocycles. The zero-order valence-electron chi connectivity index (χ0n) is 8.85. The second kappa shape index (κ2) is 5.86. The summed E-state index contributed by atoms with van der Waals surface area (Å²) in [6.45, 7) is 6.23. The highest BCUT2D eigenvalue weighted by atomic mass is 16.6. The molecule has 3 nitrogen and oxygen atoms in total. The normalized spacial score (nSPS) is 9.40. The minimum atomic E-state index is -0.364. The number of carbonyl (C=O) groups excluding carboxylic acids is 1. The number of hydrogen-bond donors (Lipinski definition) is 0. The summed E-state index contributed by atoms with van der Waals surface area (Å²) < 4.78 is 4.88. The lowest BCUT2D eigenvalue weighted by Crippen LogP contribution is -2.25. The Kier molecular flexibility index (Phi) is 4.41. The van der Waals surface area contributed by atoms with E-state index in [9.17, 15) is 4.79 Å². The summed E-state index contributed by atoms with van der Waals surface area (Å²) in [5.74, 6) is 0. The van der Waals surface area contributed by atoms with Gasteiger partial charge in [0.25, 0.3) is 0 Å². The van der Waals surface area contributed by atoms with E-state index in [4.69, 9.17) is 4.74 Å². The van der Waals surface area contributed by atoms with Gasteiger partial charge in [-0.25, -0.2) is 4.79 Å². The molecule has 1 amide bonds. The van der Waals surface area contributed by atoms with Gasteiger partial charge in [-0.1, -0.05) is 36.9 Å². The highest BCUT2D eigenvalue weighted by Gasteiger charge is 2.10. The van der Waals surface area contributed by atoms with Crippen LogP contribution in [0.2, 0.25) is 0 Å². The van der Waals surface area contributed by atoms with E-state index in [0.29, 0.717) is 13.2 Å². The maximum atomic E-state index is 11.4. The molecule has 15 heavy (non-hydrogen) atoms. The number of benzene rings is 1. The summed E-state index contributed by atoms with van der Waals surface area (Å²) in [5.41, 5.74) is 1.05. The van der Waals surface area contributed by atoms with E-state index < -0.39 is 0 Å². The van der Waals surface area contributed by atoms with Crippen LogP contribution in [0.3, 0.4) is 0 Å². The van der Waals surface area contributed by atoms with Crippen LogP contribution in [0, 0.1) is 0 Å². The molecule has 0 aliphatic rings. The first-order chi connectivity index (χ1) is 7.27. The quantitative estimate of drug-likeness (QED) is 0.756. The highest BCUT2D eigenvalue weighted by molar-refractivity contribution is 5.68. The van der Waals surface area contributed by atoms with Crippen LogP contribution in [0.15, 0.2) is 43.1 Å². The smallest absolute Gasteiger partial charge is 0.414 e. The third kappa shape index (κ3) is 3.46. The van der Waals surface area contributed by atoms with Crippen molar-refractivity contribution in [2.24, 2.45) is 0 Å². The SMILES string of the molecule is C=CN(Cc1ccccc1)C(=O)OCC. The van der Waals surface area contributed by atoms with Crippen molar-refractivity contribution < 1.29 is 9.53 Å². The molecular weight excluding hydrogens is 190 g/mol. The molecule has 0 heterocycles. The molecule has 0 aliphatic heterocycles. The van der Waals surface area contributed by atoms with Gasteiger partial charge in [0, 0.05) is 6.20 Å². The van der Waals surface area contributed by atoms with Gasteiger partial charge in [-0.2, -0.15) is 0 Å². The molecule has 0 atom stereocenters. The van der Waals surface area contributed by atoms with Gasteiger partial charge in [-0.15, -0.1) is 0 Å². The average molecular weight is 205 g/mol. The van der Waals surface area contributed by atoms with Crippen LogP contribution in [0.5, 0.6) is 0 Å². The Morgan fingerprint density at radius 2 is 2.13 bits per heavy atom. The van der Waals surface area contributed by atoms with E-state index in [1.165, 1.54) is 11.1 Å². The average Bonchev–Trinajstić information content (AvgIpc) is 2.27. The Hall–Kier alpha value is -1.77. The molecule has 0 aromatic heterocycles. The third-order valence-corrected chi connectivity index (χ3v) is 1.92. The van der Waals surface area contributed by atoms with Gasteiger partial charge < -0.3 is 4.74 Å². The third-order valence-electron chi connectivity index (χ3n) is 1.92. The molecular formula is C12H15NO2. The van der Waals surface area contributed by atoms with Crippen LogP contribution in [-0.4, -0.2) is 17.6 Å². The highest BCUT2D eigenvalue weighted by Crippen LogP contribution is 2.05. The monoisotopic (exact) mass is 205 g/mol. The fraction of sp³-hybridized carbons (Fsp3) is 0.250. The Bertz CT molecular complexity index is 322. The maximum absolute atomic E-state index is 11.4. The molecule has 80 valence electrons. The van der Waals surface area contributed by atoms with Crippen LogP contribution in [0.1, 0.15) is 12.5 Å². The predicted molar refractivity (Wildman–Crippen MR) is 59.2 cm³/mol. The number of rotatable bonds is 4. The Labute approximate surface area is 90.0 Å². The van der Waals surface area contributed by atoms with E-state index in [0.717, 1.165) is 5.56 Å². The molecule has 0 unspecified atom stereocenters. The first kappa shape index (κ1) is 11.3. The molecule has 0 radical (unpaired) electrons. The van der Waals surface area contributed by atoms with Gasteiger partial charge in [0.15, 0.2) is 0 Å². The largest absolute Gasteiger partial charge is 0.449 e. The number of amides is 1. The molecule has 1 aromatic rings. The van der Waals surface area contributed by atoms with E-state index in [2.05, 4.69) is 6.58 Å². The van der Waals surface area contributed by atoms with E-state index in [1.54, 1.807) is 6.92 Å². The molecule has 0 bridgehead atoms. The van der Waals surface area contributed by atoms with Crippen molar-refractivity contribution in [3.63, 3.8) is 0 Å². The van der Waals surface area contributed by atoms with Crippen molar-refractivity contribution in [3.05, 3.63) is 48.7 Å². The first-order valence-corrected chi connectivity index (χ1v) is 4.87. The lowest BCUT2D eigenvalue weighted by Gasteiger charge is -2.16.